The average Bonchev–Trinajstić information content (AvgIpc) is 2.12. The minimum Gasteiger partial charge on any atom is -0.378 e. The highest BCUT2D eigenvalue weighted by atomic mass is 19.1. The van der Waals surface area contributed by atoms with Gasteiger partial charge in [0.25, 0.3) is 0 Å². The van der Waals surface area contributed by atoms with Crippen LogP contribution in [0.2, 0.25) is 0 Å². The van der Waals surface area contributed by atoms with Crippen LogP contribution in [-0.4, -0.2) is 32.1 Å². The first-order chi connectivity index (χ1) is 6.18. The Balaban J connectivity index is 3.90. The van der Waals surface area contributed by atoms with Gasteiger partial charge in [0.05, 0.1) is 13.2 Å². The van der Waals surface area contributed by atoms with Gasteiger partial charge in [0, 0.05) is 19.6 Å². The van der Waals surface area contributed by atoms with E-state index in [9.17, 15) is 4.39 Å². The molecule has 0 aliphatic carbocycles. The molecule has 0 bridgehead atoms. The maximum Gasteiger partial charge on any atom is 0.160 e. The van der Waals surface area contributed by atoms with E-state index in [4.69, 9.17) is 9.47 Å². The summed E-state index contributed by atoms with van der Waals surface area (Å²) in [6.07, 6.45) is 1.82. The SMILES string of the molecule is C=CCC(F)(COCC)COCC. The summed E-state index contributed by atoms with van der Waals surface area (Å²) in [7, 11) is 0. The standard InChI is InChI=1S/C10H19FO2/c1-4-7-10(11,8-12-5-2)9-13-6-3/h4H,1,5-9H2,2-3H3. The van der Waals surface area contributed by atoms with Crippen LogP contribution in [0.25, 0.3) is 0 Å². The maximum atomic E-state index is 13.8. The molecule has 0 N–H and O–H groups in total. The fourth-order valence-corrected chi connectivity index (χ4v) is 0.988. The van der Waals surface area contributed by atoms with Crippen LogP contribution < -0.4 is 0 Å². The molecule has 0 aliphatic rings. The Kier molecular flexibility index (Phi) is 6.82. The van der Waals surface area contributed by atoms with Crippen LogP contribution in [0.5, 0.6) is 0 Å². The Morgan fingerprint density at radius 2 is 1.69 bits per heavy atom. The molecule has 0 aromatic heterocycles. The molecule has 0 saturated heterocycles. The number of rotatable bonds is 8. The quantitative estimate of drug-likeness (QED) is 0.547. The average molecular weight is 190 g/mol. The van der Waals surface area contributed by atoms with Crippen molar-refractivity contribution in [3.05, 3.63) is 12.7 Å². The van der Waals surface area contributed by atoms with Gasteiger partial charge in [-0.05, 0) is 13.8 Å². The minimum absolute atomic E-state index is 0.0789. The van der Waals surface area contributed by atoms with E-state index in [0.717, 1.165) is 0 Å². The van der Waals surface area contributed by atoms with Crippen LogP contribution >= 0.6 is 0 Å². The zero-order valence-corrected chi connectivity index (χ0v) is 8.51. The summed E-state index contributed by atoms with van der Waals surface area (Å²) in [5.41, 5.74) is -1.41. The largest absolute Gasteiger partial charge is 0.378 e. The lowest BCUT2D eigenvalue weighted by atomic mass is 10.0. The topological polar surface area (TPSA) is 18.5 Å². The van der Waals surface area contributed by atoms with Gasteiger partial charge in [0.1, 0.15) is 0 Å². The number of ether oxygens (including phenoxy) is 2. The molecule has 13 heavy (non-hydrogen) atoms. The van der Waals surface area contributed by atoms with E-state index in [2.05, 4.69) is 6.58 Å². The molecule has 0 atom stereocenters. The van der Waals surface area contributed by atoms with Crippen molar-refractivity contribution in [1.82, 2.24) is 0 Å². The van der Waals surface area contributed by atoms with Gasteiger partial charge in [-0.25, -0.2) is 4.39 Å². The second kappa shape index (κ2) is 7.04. The third kappa shape index (κ3) is 5.77. The lowest BCUT2D eigenvalue weighted by molar-refractivity contribution is -0.0377. The number of allylic oxidation sites excluding steroid dienone is 1. The number of hydrogen-bond acceptors (Lipinski definition) is 2. The van der Waals surface area contributed by atoms with E-state index in [1.54, 1.807) is 6.08 Å². The van der Waals surface area contributed by atoms with Crippen molar-refractivity contribution in [3.8, 4) is 0 Å². The highest BCUT2D eigenvalue weighted by molar-refractivity contribution is 4.87. The van der Waals surface area contributed by atoms with Crippen molar-refractivity contribution in [2.24, 2.45) is 0 Å². The van der Waals surface area contributed by atoms with Gasteiger partial charge < -0.3 is 9.47 Å². The first kappa shape index (κ1) is 12.6. The van der Waals surface area contributed by atoms with Gasteiger partial charge in [-0.15, -0.1) is 6.58 Å². The molecule has 3 heteroatoms. The molecule has 0 aromatic carbocycles. The van der Waals surface area contributed by atoms with Gasteiger partial charge in [-0.2, -0.15) is 0 Å². The number of alkyl halides is 1. The summed E-state index contributed by atoms with van der Waals surface area (Å²) in [4.78, 5) is 0. The summed E-state index contributed by atoms with van der Waals surface area (Å²) in [6.45, 7) is 8.40. The molecular formula is C10H19FO2. The molecule has 0 spiro atoms. The molecule has 0 amide bonds. The molecule has 2 nitrogen and oxygen atoms in total. The monoisotopic (exact) mass is 190 g/mol. The fraction of sp³-hybridized carbons (Fsp3) is 0.800. The second-order valence-corrected chi connectivity index (χ2v) is 2.92. The fourth-order valence-electron chi connectivity index (χ4n) is 0.988. The molecule has 0 saturated carbocycles. The smallest absolute Gasteiger partial charge is 0.160 e. The third-order valence-corrected chi connectivity index (χ3v) is 1.64. The van der Waals surface area contributed by atoms with Gasteiger partial charge >= 0.3 is 0 Å². The van der Waals surface area contributed by atoms with Crippen molar-refractivity contribution in [1.29, 1.82) is 0 Å². The van der Waals surface area contributed by atoms with Gasteiger partial charge in [-0.1, -0.05) is 6.08 Å². The van der Waals surface area contributed by atoms with Crippen LogP contribution in [-0.2, 0) is 9.47 Å². The van der Waals surface area contributed by atoms with Gasteiger partial charge in [-0.3, -0.25) is 0 Å². The zero-order chi connectivity index (χ0) is 10.2. The predicted molar refractivity (Wildman–Crippen MR) is 51.6 cm³/mol. The second-order valence-electron chi connectivity index (χ2n) is 2.92. The Hall–Kier alpha value is -0.410. The molecule has 78 valence electrons. The lowest BCUT2D eigenvalue weighted by Crippen LogP contribution is -2.34. The molecule has 0 aromatic rings. The van der Waals surface area contributed by atoms with Gasteiger partial charge in [0.2, 0.25) is 0 Å². The molecule has 0 unspecified atom stereocenters. The molecular weight excluding hydrogens is 171 g/mol. The minimum atomic E-state index is -1.41. The Bertz CT molecular complexity index is 129. The summed E-state index contributed by atoms with van der Waals surface area (Å²) in [5.74, 6) is 0. The predicted octanol–water partition coefficient (Wildman–Crippen LogP) is 2.34. The van der Waals surface area contributed by atoms with Crippen LogP contribution in [0, 0.1) is 0 Å². The van der Waals surface area contributed by atoms with Crippen LogP contribution in [0.15, 0.2) is 12.7 Å². The maximum absolute atomic E-state index is 13.8. The van der Waals surface area contributed by atoms with E-state index in [1.165, 1.54) is 0 Å². The number of hydrogen-bond donors (Lipinski definition) is 0. The highest BCUT2D eigenvalue weighted by Crippen LogP contribution is 2.18. The molecule has 0 aliphatic heterocycles. The van der Waals surface area contributed by atoms with Crippen molar-refractivity contribution in [3.63, 3.8) is 0 Å². The van der Waals surface area contributed by atoms with Crippen molar-refractivity contribution < 1.29 is 13.9 Å². The van der Waals surface area contributed by atoms with Crippen LogP contribution in [0.3, 0.4) is 0 Å². The first-order valence-corrected chi connectivity index (χ1v) is 4.64. The Morgan fingerprint density at radius 3 is 2.00 bits per heavy atom. The van der Waals surface area contributed by atoms with E-state index in [1.807, 2.05) is 13.8 Å². The van der Waals surface area contributed by atoms with Crippen LogP contribution in [0.1, 0.15) is 20.3 Å². The summed E-state index contributed by atoms with van der Waals surface area (Å²) >= 11 is 0. The normalized spacial score (nSPS) is 11.6. The highest BCUT2D eigenvalue weighted by Gasteiger charge is 2.28. The van der Waals surface area contributed by atoms with E-state index < -0.39 is 5.67 Å². The van der Waals surface area contributed by atoms with Crippen molar-refractivity contribution in [2.45, 2.75) is 25.9 Å². The molecule has 0 heterocycles. The van der Waals surface area contributed by atoms with E-state index in [-0.39, 0.29) is 19.6 Å². The molecule has 0 fully saturated rings. The lowest BCUT2D eigenvalue weighted by Gasteiger charge is -2.23. The Morgan fingerprint density at radius 1 is 1.23 bits per heavy atom. The molecule has 0 radical (unpaired) electrons. The summed E-state index contributed by atoms with van der Waals surface area (Å²) in [6, 6.07) is 0. The molecule has 0 rings (SSSR count). The van der Waals surface area contributed by atoms with E-state index in [0.29, 0.717) is 13.2 Å². The zero-order valence-electron chi connectivity index (χ0n) is 8.51. The summed E-state index contributed by atoms with van der Waals surface area (Å²) in [5, 5.41) is 0. The summed E-state index contributed by atoms with van der Waals surface area (Å²) < 4.78 is 23.9. The van der Waals surface area contributed by atoms with Crippen LogP contribution in [0.4, 0.5) is 4.39 Å². The van der Waals surface area contributed by atoms with Crippen molar-refractivity contribution in [2.75, 3.05) is 26.4 Å². The van der Waals surface area contributed by atoms with Crippen molar-refractivity contribution >= 4 is 0 Å². The first-order valence-electron chi connectivity index (χ1n) is 4.64. The van der Waals surface area contributed by atoms with Gasteiger partial charge in [0.15, 0.2) is 5.67 Å². The third-order valence-electron chi connectivity index (χ3n) is 1.64. The Labute approximate surface area is 79.7 Å². The van der Waals surface area contributed by atoms with E-state index >= 15 is 0 Å². The number of halogens is 1.